The molecule has 0 radical (unpaired) electrons. The third kappa shape index (κ3) is 3.45. The monoisotopic (exact) mass is 362 g/mol. The number of hydrogen-bond donors (Lipinski definition) is 2. The number of halogens is 3. The molecule has 1 aromatic carbocycles. The summed E-state index contributed by atoms with van der Waals surface area (Å²) in [5.41, 5.74) is 0.442. The van der Waals surface area contributed by atoms with Crippen molar-refractivity contribution in [3.63, 3.8) is 0 Å². The molecule has 0 bridgehead atoms. The van der Waals surface area contributed by atoms with Crippen LogP contribution < -0.4 is 5.32 Å². The van der Waals surface area contributed by atoms with E-state index in [1.807, 2.05) is 0 Å². The first-order chi connectivity index (χ1) is 9.47. The molecule has 0 fully saturated rings. The number of benzene rings is 1. The second-order valence-corrected chi connectivity index (χ2v) is 5.10. The summed E-state index contributed by atoms with van der Waals surface area (Å²) in [6.07, 6.45) is 1.32. The van der Waals surface area contributed by atoms with E-state index in [9.17, 15) is 9.18 Å². The minimum Gasteiger partial charge on any atom is -0.476 e. The van der Waals surface area contributed by atoms with Crippen LogP contribution in [0.1, 0.15) is 10.5 Å². The molecule has 0 amide bonds. The van der Waals surface area contributed by atoms with Crippen LogP contribution in [0.15, 0.2) is 22.8 Å². The zero-order chi connectivity index (χ0) is 14.7. The van der Waals surface area contributed by atoms with Gasteiger partial charge in [0.05, 0.1) is 23.5 Å². The van der Waals surface area contributed by atoms with Crippen molar-refractivity contribution in [3.05, 3.63) is 39.3 Å². The largest absolute Gasteiger partial charge is 0.476 e. The normalized spacial score (nSPS) is 10.6. The Kier molecular flexibility index (Phi) is 4.56. The molecule has 0 saturated heterocycles. The van der Waals surface area contributed by atoms with Gasteiger partial charge < -0.3 is 10.4 Å². The van der Waals surface area contributed by atoms with Crippen LogP contribution in [0.5, 0.6) is 0 Å². The Balaban J connectivity index is 1.97. The number of hydrogen-bond acceptors (Lipinski definition) is 4. The SMILES string of the molecule is O=C(O)c1cn(CCNc2c(Cl)cc(F)cc2Br)nn1. The standard InChI is InChI=1S/C11H9BrClFN4O2/c12-7-3-6(14)4-8(13)10(7)15-1-2-18-5-9(11(19)20)16-17-18/h3-5,15H,1-2H2,(H,19,20). The second-order valence-electron chi connectivity index (χ2n) is 3.84. The van der Waals surface area contributed by atoms with Gasteiger partial charge in [0.25, 0.3) is 0 Å². The van der Waals surface area contributed by atoms with Crippen molar-refractivity contribution in [3.8, 4) is 0 Å². The first-order valence-electron chi connectivity index (χ1n) is 5.49. The highest BCUT2D eigenvalue weighted by molar-refractivity contribution is 9.10. The molecule has 2 rings (SSSR count). The summed E-state index contributed by atoms with van der Waals surface area (Å²) < 4.78 is 15.0. The van der Waals surface area contributed by atoms with Crippen LogP contribution in [-0.2, 0) is 6.54 Å². The summed E-state index contributed by atoms with van der Waals surface area (Å²) in [4.78, 5) is 10.6. The van der Waals surface area contributed by atoms with E-state index in [2.05, 4.69) is 31.6 Å². The van der Waals surface area contributed by atoms with Crippen LogP contribution in [0, 0.1) is 5.82 Å². The zero-order valence-electron chi connectivity index (χ0n) is 9.98. The van der Waals surface area contributed by atoms with Gasteiger partial charge >= 0.3 is 5.97 Å². The van der Waals surface area contributed by atoms with Crippen molar-refractivity contribution < 1.29 is 14.3 Å². The average molecular weight is 364 g/mol. The molecule has 0 unspecified atom stereocenters. The quantitative estimate of drug-likeness (QED) is 0.853. The van der Waals surface area contributed by atoms with Crippen LogP contribution in [0.25, 0.3) is 0 Å². The van der Waals surface area contributed by atoms with Gasteiger partial charge in [-0.1, -0.05) is 16.8 Å². The van der Waals surface area contributed by atoms with Gasteiger partial charge in [0.1, 0.15) is 5.82 Å². The smallest absolute Gasteiger partial charge is 0.358 e. The van der Waals surface area contributed by atoms with Crippen molar-refractivity contribution in [2.45, 2.75) is 6.54 Å². The maximum Gasteiger partial charge on any atom is 0.358 e. The fourth-order valence-corrected chi connectivity index (χ4v) is 2.47. The summed E-state index contributed by atoms with van der Waals surface area (Å²) in [7, 11) is 0. The summed E-state index contributed by atoms with van der Waals surface area (Å²) >= 11 is 9.13. The number of aromatic carboxylic acids is 1. The highest BCUT2D eigenvalue weighted by atomic mass is 79.9. The number of aromatic nitrogens is 3. The van der Waals surface area contributed by atoms with Gasteiger partial charge in [0.2, 0.25) is 0 Å². The Hall–Kier alpha value is -1.67. The van der Waals surface area contributed by atoms with E-state index in [-0.39, 0.29) is 10.7 Å². The number of rotatable bonds is 5. The molecular weight excluding hydrogens is 355 g/mol. The Labute approximate surface area is 126 Å². The minimum absolute atomic E-state index is 0.119. The van der Waals surface area contributed by atoms with E-state index < -0.39 is 11.8 Å². The molecular formula is C11H9BrClFN4O2. The highest BCUT2D eigenvalue weighted by Gasteiger charge is 2.09. The third-order valence-corrected chi connectivity index (χ3v) is 3.33. The summed E-state index contributed by atoms with van der Waals surface area (Å²) in [6, 6.07) is 2.50. The molecule has 1 heterocycles. The molecule has 9 heteroatoms. The number of anilines is 1. The van der Waals surface area contributed by atoms with Crippen LogP contribution in [0.2, 0.25) is 5.02 Å². The Morgan fingerprint density at radius 1 is 1.55 bits per heavy atom. The van der Waals surface area contributed by atoms with E-state index in [0.717, 1.165) is 0 Å². The maximum atomic E-state index is 13.1. The summed E-state index contributed by atoms with van der Waals surface area (Å²) in [5.74, 6) is -1.57. The first-order valence-corrected chi connectivity index (χ1v) is 6.66. The molecule has 0 saturated carbocycles. The van der Waals surface area contributed by atoms with E-state index in [1.54, 1.807) is 0 Å². The average Bonchev–Trinajstić information content (AvgIpc) is 2.81. The molecule has 1 aromatic heterocycles. The van der Waals surface area contributed by atoms with Crippen LogP contribution in [-0.4, -0.2) is 32.6 Å². The van der Waals surface area contributed by atoms with Gasteiger partial charge in [0, 0.05) is 11.0 Å². The lowest BCUT2D eigenvalue weighted by Gasteiger charge is -2.10. The topological polar surface area (TPSA) is 80.0 Å². The van der Waals surface area contributed by atoms with Crippen molar-refractivity contribution in [1.29, 1.82) is 0 Å². The lowest BCUT2D eigenvalue weighted by atomic mass is 10.3. The fraction of sp³-hybridized carbons (Fsp3) is 0.182. The van der Waals surface area contributed by atoms with Gasteiger partial charge in [-0.15, -0.1) is 5.10 Å². The highest BCUT2D eigenvalue weighted by Crippen LogP contribution is 2.31. The minimum atomic E-state index is -1.13. The molecule has 0 aliphatic carbocycles. The Morgan fingerprint density at radius 3 is 2.90 bits per heavy atom. The van der Waals surface area contributed by atoms with Crippen molar-refractivity contribution in [2.75, 3.05) is 11.9 Å². The molecule has 0 aliphatic heterocycles. The molecule has 2 N–H and O–H groups in total. The van der Waals surface area contributed by atoms with Crippen molar-refractivity contribution >= 4 is 39.2 Å². The number of carbonyl (C=O) groups is 1. The number of nitrogens with zero attached hydrogens (tertiary/aromatic N) is 3. The predicted octanol–water partition coefficient (Wildman–Crippen LogP) is 2.64. The van der Waals surface area contributed by atoms with Gasteiger partial charge in [-0.25, -0.2) is 13.9 Å². The van der Waals surface area contributed by atoms with Crippen molar-refractivity contribution in [1.82, 2.24) is 15.0 Å². The van der Waals surface area contributed by atoms with Gasteiger partial charge in [-0.3, -0.25) is 0 Å². The van der Waals surface area contributed by atoms with E-state index in [0.29, 0.717) is 23.2 Å². The van der Waals surface area contributed by atoms with Gasteiger partial charge in [-0.05, 0) is 28.1 Å². The molecule has 2 aromatic rings. The third-order valence-electron chi connectivity index (χ3n) is 2.41. The maximum absolute atomic E-state index is 13.1. The van der Waals surface area contributed by atoms with E-state index >= 15 is 0 Å². The lowest BCUT2D eigenvalue weighted by molar-refractivity contribution is 0.0690. The van der Waals surface area contributed by atoms with Gasteiger partial charge in [-0.2, -0.15) is 0 Å². The lowest BCUT2D eigenvalue weighted by Crippen LogP contribution is -2.11. The summed E-state index contributed by atoms with van der Waals surface area (Å²) in [5, 5.41) is 19.1. The molecule has 20 heavy (non-hydrogen) atoms. The number of carboxylic acids is 1. The summed E-state index contributed by atoms with van der Waals surface area (Å²) in [6.45, 7) is 0.812. The molecule has 6 nitrogen and oxygen atoms in total. The van der Waals surface area contributed by atoms with E-state index in [1.165, 1.54) is 23.0 Å². The molecule has 106 valence electrons. The van der Waals surface area contributed by atoms with Crippen LogP contribution >= 0.6 is 27.5 Å². The predicted molar refractivity (Wildman–Crippen MR) is 74.6 cm³/mol. The zero-order valence-corrected chi connectivity index (χ0v) is 12.3. The van der Waals surface area contributed by atoms with Crippen LogP contribution in [0.3, 0.4) is 0 Å². The fourth-order valence-electron chi connectivity index (χ4n) is 1.51. The molecule has 0 atom stereocenters. The Morgan fingerprint density at radius 2 is 2.30 bits per heavy atom. The number of nitrogens with one attached hydrogen (secondary N) is 1. The van der Waals surface area contributed by atoms with Gasteiger partial charge in [0.15, 0.2) is 5.69 Å². The van der Waals surface area contributed by atoms with E-state index in [4.69, 9.17) is 16.7 Å². The Bertz CT molecular complexity index is 626. The molecule has 0 spiro atoms. The van der Waals surface area contributed by atoms with Crippen LogP contribution in [0.4, 0.5) is 10.1 Å². The molecule has 0 aliphatic rings. The number of carboxylic acid groups (broad SMARTS) is 1. The second kappa shape index (κ2) is 6.19. The first kappa shape index (κ1) is 14.7. The van der Waals surface area contributed by atoms with Crippen molar-refractivity contribution in [2.24, 2.45) is 0 Å².